The topological polar surface area (TPSA) is 83.0 Å². The van der Waals surface area contributed by atoms with Gasteiger partial charge in [-0.15, -0.1) is 0 Å². The first kappa shape index (κ1) is 20.3. The van der Waals surface area contributed by atoms with Gasteiger partial charge in [-0.25, -0.2) is 9.97 Å². The molecule has 1 aromatic carbocycles. The SMILES string of the molecule is Cc1cc(CCCCCNc2ccnc3cc(Cl)ccc23)nc(NCCO)n1. The molecule has 0 spiro atoms. The summed E-state index contributed by atoms with van der Waals surface area (Å²) in [5.41, 5.74) is 3.98. The van der Waals surface area contributed by atoms with Crippen molar-refractivity contribution < 1.29 is 5.11 Å². The lowest BCUT2D eigenvalue weighted by Crippen LogP contribution is -2.10. The van der Waals surface area contributed by atoms with E-state index in [1.54, 1.807) is 6.20 Å². The minimum atomic E-state index is 0.0689. The van der Waals surface area contributed by atoms with Crippen molar-refractivity contribution in [2.75, 3.05) is 30.3 Å². The number of hydrogen-bond acceptors (Lipinski definition) is 6. The van der Waals surface area contributed by atoms with Crippen molar-refractivity contribution in [3.8, 4) is 0 Å². The summed E-state index contributed by atoms with van der Waals surface area (Å²) in [5.74, 6) is 0.593. The number of unbranched alkanes of at least 4 members (excludes halogenated alkanes) is 2. The fourth-order valence-electron chi connectivity index (χ4n) is 3.11. The summed E-state index contributed by atoms with van der Waals surface area (Å²) in [6.07, 6.45) is 6.00. The molecule has 0 aliphatic rings. The van der Waals surface area contributed by atoms with Crippen LogP contribution < -0.4 is 10.6 Å². The van der Waals surface area contributed by atoms with Crippen molar-refractivity contribution in [2.45, 2.75) is 32.6 Å². The number of hydrogen-bond donors (Lipinski definition) is 3. The third-order valence-corrected chi connectivity index (χ3v) is 4.67. The molecule has 0 aliphatic carbocycles. The van der Waals surface area contributed by atoms with Crippen molar-refractivity contribution >= 4 is 34.1 Å². The van der Waals surface area contributed by atoms with E-state index < -0.39 is 0 Å². The van der Waals surface area contributed by atoms with Crippen molar-refractivity contribution in [1.82, 2.24) is 15.0 Å². The fraction of sp³-hybridized carbons (Fsp3) is 0.381. The Morgan fingerprint density at radius 2 is 1.89 bits per heavy atom. The molecule has 0 saturated carbocycles. The molecule has 28 heavy (non-hydrogen) atoms. The molecule has 3 aromatic rings. The van der Waals surface area contributed by atoms with E-state index >= 15 is 0 Å². The van der Waals surface area contributed by atoms with Crippen LogP contribution in [0.1, 0.15) is 30.7 Å². The predicted molar refractivity (Wildman–Crippen MR) is 115 cm³/mol. The number of anilines is 2. The molecule has 6 nitrogen and oxygen atoms in total. The number of halogens is 1. The van der Waals surface area contributed by atoms with Crippen molar-refractivity contribution in [2.24, 2.45) is 0 Å². The molecule has 2 heterocycles. The smallest absolute Gasteiger partial charge is 0.223 e. The number of nitrogens with one attached hydrogen (secondary N) is 2. The molecule has 0 amide bonds. The van der Waals surface area contributed by atoms with Crippen LogP contribution in [0.5, 0.6) is 0 Å². The van der Waals surface area contributed by atoms with Gasteiger partial charge in [0.05, 0.1) is 12.1 Å². The molecule has 2 aromatic heterocycles. The van der Waals surface area contributed by atoms with Gasteiger partial charge in [0, 0.05) is 46.8 Å². The van der Waals surface area contributed by atoms with Gasteiger partial charge in [0.1, 0.15) is 0 Å². The van der Waals surface area contributed by atoms with Crippen LogP contribution in [0.15, 0.2) is 36.5 Å². The zero-order chi connectivity index (χ0) is 19.8. The molecule has 0 fully saturated rings. The summed E-state index contributed by atoms with van der Waals surface area (Å²) in [4.78, 5) is 13.2. The van der Waals surface area contributed by atoms with E-state index in [0.717, 1.165) is 60.2 Å². The van der Waals surface area contributed by atoms with E-state index in [4.69, 9.17) is 16.7 Å². The predicted octanol–water partition coefficient (Wildman–Crippen LogP) is 4.22. The van der Waals surface area contributed by atoms with E-state index in [9.17, 15) is 0 Å². The molecule has 3 N–H and O–H groups in total. The second-order valence-corrected chi connectivity index (χ2v) is 7.17. The summed E-state index contributed by atoms with van der Waals surface area (Å²) in [5, 5.41) is 17.2. The van der Waals surface area contributed by atoms with Gasteiger partial charge < -0.3 is 15.7 Å². The number of rotatable bonds is 10. The molecule has 0 radical (unpaired) electrons. The number of pyridine rings is 1. The minimum absolute atomic E-state index is 0.0689. The molecule has 0 aliphatic heterocycles. The Hall–Kier alpha value is -2.44. The Labute approximate surface area is 170 Å². The van der Waals surface area contributed by atoms with E-state index in [2.05, 4.69) is 25.6 Å². The number of aromatic nitrogens is 3. The lowest BCUT2D eigenvalue weighted by molar-refractivity contribution is 0.310. The molecule has 3 rings (SSSR count). The van der Waals surface area contributed by atoms with Gasteiger partial charge in [-0.05, 0) is 56.5 Å². The van der Waals surface area contributed by atoms with Crippen molar-refractivity contribution in [3.05, 3.63) is 52.9 Å². The summed E-state index contributed by atoms with van der Waals surface area (Å²) >= 11 is 6.04. The second kappa shape index (κ2) is 10.2. The third kappa shape index (κ3) is 5.78. The monoisotopic (exact) mass is 399 g/mol. The number of fused-ring (bicyclic) bond motifs is 1. The molecule has 0 unspecified atom stereocenters. The number of nitrogens with zero attached hydrogens (tertiary/aromatic N) is 3. The molecular weight excluding hydrogens is 374 g/mol. The van der Waals surface area contributed by atoms with Crippen LogP contribution in [0.3, 0.4) is 0 Å². The zero-order valence-electron chi connectivity index (χ0n) is 16.1. The highest BCUT2D eigenvalue weighted by Crippen LogP contribution is 2.24. The first-order valence-electron chi connectivity index (χ1n) is 9.63. The number of aliphatic hydroxyl groups is 1. The van der Waals surface area contributed by atoms with E-state index in [0.29, 0.717) is 17.5 Å². The first-order chi connectivity index (χ1) is 13.7. The van der Waals surface area contributed by atoms with Crippen LogP contribution in [-0.4, -0.2) is 39.8 Å². The maximum absolute atomic E-state index is 8.91. The average molecular weight is 400 g/mol. The van der Waals surface area contributed by atoms with Gasteiger partial charge in [0.15, 0.2) is 0 Å². The number of benzene rings is 1. The molecule has 0 bridgehead atoms. The van der Waals surface area contributed by atoms with Gasteiger partial charge in [-0.2, -0.15) is 0 Å². The van der Waals surface area contributed by atoms with Crippen LogP contribution in [0.2, 0.25) is 5.02 Å². The Morgan fingerprint density at radius 3 is 2.75 bits per heavy atom. The minimum Gasteiger partial charge on any atom is -0.395 e. The largest absolute Gasteiger partial charge is 0.395 e. The maximum Gasteiger partial charge on any atom is 0.223 e. The lowest BCUT2D eigenvalue weighted by atomic mass is 10.1. The number of aliphatic hydroxyl groups excluding tert-OH is 1. The van der Waals surface area contributed by atoms with Crippen molar-refractivity contribution in [3.63, 3.8) is 0 Å². The Balaban J connectivity index is 1.44. The summed E-state index contributed by atoms with van der Waals surface area (Å²) in [6.45, 7) is 3.41. The van der Waals surface area contributed by atoms with E-state index in [-0.39, 0.29) is 6.61 Å². The zero-order valence-corrected chi connectivity index (χ0v) is 16.8. The Morgan fingerprint density at radius 1 is 1.00 bits per heavy atom. The van der Waals surface area contributed by atoms with Crippen molar-refractivity contribution in [1.29, 1.82) is 0 Å². The molecule has 7 heteroatoms. The van der Waals surface area contributed by atoms with Gasteiger partial charge in [-0.1, -0.05) is 18.0 Å². The van der Waals surface area contributed by atoms with Crippen LogP contribution in [0.4, 0.5) is 11.6 Å². The third-order valence-electron chi connectivity index (χ3n) is 4.43. The molecule has 0 saturated heterocycles. The van der Waals surface area contributed by atoms with Gasteiger partial charge in [0.2, 0.25) is 5.95 Å². The summed E-state index contributed by atoms with van der Waals surface area (Å²) in [6, 6.07) is 9.81. The highest BCUT2D eigenvalue weighted by atomic mass is 35.5. The van der Waals surface area contributed by atoms with Gasteiger partial charge in [-0.3, -0.25) is 4.98 Å². The average Bonchev–Trinajstić information content (AvgIpc) is 2.68. The fourth-order valence-corrected chi connectivity index (χ4v) is 3.28. The Kier molecular flexibility index (Phi) is 7.39. The van der Waals surface area contributed by atoms with Gasteiger partial charge in [0.25, 0.3) is 0 Å². The van der Waals surface area contributed by atoms with Gasteiger partial charge >= 0.3 is 0 Å². The molecule has 148 valence electrons. The van der Waals surface area contributed by atoms with E-state index in [1.165, 1.54) is 0 Å². The van der Waals surface area contributed by atoms with Crippen LogP contribution >= 0.6 is 11.6 Å². The highest BCUT2D eigenvalue weighted by Gasteiger charge is 2.04. The summed E-state index contributed by atoms with van der Waals surface area (Å²) in [7, 11) is 0. The number of aryl methyl sites for hydroxylation is 2. The first-order valence-corrected chi connectivity index (χ1v) is 10.0. The van der Waals surface area contributed by atoms with E-state index in [1.807, 2.05) is 37.3 Å². The quantitative estimate of drug-likeness (QED) is 0.443. The Bertz CT molecular complexity index is 918. The second-order valence-electron chi connectivity index (χ2n) is 6.73. The summed E-state index contributed by atoms with van der Waals surface area (Å²) < 4.78 is 0. The standard InChI is InChI=1S/C21H26ClN5O/c1-15-13-17(27-21(26-15)25-11-12-28)5-3-2-4-9-23-19-8-10-24-20-14-16(22)6-7-18(19)20/h6-8,10,13-14,28H,2-5,9,11-12H2,1H3,(H,23,24)(H,25,26,27). The normalized spacial score (nSPS) is 11.0. The molecule has 0 atom stereocenters. The molecular formula is C21H26ClN5O. The van der Waals surface area contributed by atoms with Crippen LogP contribution in [0, 0.1) is 6.92 Å². The lowest BCUT2D eigenvalue weighted by Gasteiger charge is -2.10. The van der Waals surface area contributed by atoms with Crippen LogP contribution in [0.25, 0.3) is 10.9 Å². The van der Waals surface area contributed by atoms with Crippen LogP contribution in [-0.2, 0) is 6.42 Å². The maximum atomic E-state index is 8.91. The highest BCUT2D eigenvalue weighted by molar-refractivity contribution is 6.31.